The SMILES string of the molecule is CC1(NC(=O)C=Cc2ccc(-c3ccccc3Cl)s2)CCS(=O)(=O)C1. The lowest BCUT2D eigenvalue weighted by molar-refractivity contribution is -0.117. The first-order valence-electron chi connectivity index (χ1n) is 7.82. The normalized spacial score (nSPS) is 22.3. The Morgan fingerprint density at radius 1 is 1.28 bits per heavy atom. The van der Waals surface area contributed by atoms with Gasteiger partial charge in [-0.2, -0.15) is 0 Å². The van der Waals surface area contributed by atoms with Gasteiger partial charge in [-0.3, -0.25) is 4.79 Å². The first-order valence-corrected chi connectivity index (χ1v) is 10.8. The molecule has 0 aliphatic carbocycles. The Bertz CT molecular complexity index is 933. The van der Waals surface area contributed by atoms with Gasteiger partial charge in [0.15, 0.2) is 9.84 Å². The van der Waals surface area contributed by atoms with E-state index in [2.05, 4.69) is 5.32 Å². The molecule has 0 spiro atoms. The summed E-state index contributed by atoms with van der Waals surface area (Å²) in [6.45, 7) is 1.77. The largest absolute Gasteiger partial charge is 0.346 e. The summed E-state index contributed by atoms with van der Waals surface area (Å²) in [7, 11) is -3.05. The molecular formula is C18H18ClNO3S2. The maximum absolute atomic E-state index is 12.1. The molecule has 25 heavy (non-hydrogen) atoms. The Kier molecular flexibility index (Phi) is 5.04. The minimum absolute atomic E-state index is 0.00473. The molecule has 0 radical (unpaired) electrons. The third-order valence-corrected chi connectivity index (χ3v) is 7.41. The van der Waals surface area contributed by atoms with E-state index in [1.165, 1.54) is 17.4 Å². The van der Waals surface area contributed by atoms with Gasteiger partial charge >= 0.3 is 0 Å². The van der Waals surface area contributed by atoms with Gasteiger partial charge in [0.2, 0.25) is 5.91 Å². The lowest BCUT2D eigenvalue weighted by atomic mass is 10.0. The fraction of sp³-hybridized carbons (Fsp3) is 0.278. The third-order valence-electron chi connectivity index (χ3n) is 4.09. The molecule has 1 atom stereocenters. The number of carbonyl (C=O) groups excluding carboxylic acids is 1. The predicted octanol–water partition coefficient (Wildman–Crippen LogP) is 3.78. The molecule has 2 aromatic rings. The van der Waals surface area contributed by atoms with Gasteiger partial charge in [0.1, 0.15) is 0 Å². The highest BCUT2D eigenvalue weighted by Crippen LogP contribution is 2.33. The lowest BCUT2D eigenvalue weighted by Gasteiger charge is -2.22. The van der Waals surface area contributed by atoms with Crippen molar-refractivity contribution in [2.45, 2.75) is 18.9 Å². The second kappa shape index (κ2) is 6.94. The van der Waals surface area contributed by atoms with E-state index in [1.54, 1.807) is 13.0 Å². The number of rotatable bonds is 4. The van der Waals surface area contributed by atoms with Crippen LogP contribution in [-0.4, -0.2) is 31.4 Å². The Hall–Kier alpha value is -1.63. The van der Waals surface area contributed by atoms with Gasteiger partial charge in [-0.15, -0.1) is 11.3 Å². The summed E-state index contributed by atoms with van der Waals surface area (Å²) in [6, 6.07) is 11.5. The van der Waals surface area contributed by atoms with Gasteiger partial charge in [-0.25, -0.2) is 8.42 Å². The number of nitrogens with one attached hydrogen (secondary N) is 1. The first-order chi connectivity index (χ1) is 11.8. The Labute approximate surface area is 156 Å². The molecule has 1 N–H and O–H groups in total. The summed E-state index contributed by atoms with van der Waals surface area (Å²) in [5.74, 6) is -0.165. The zero-order valence-electron chi connectivity index (χ0n) is 13.7. The summed E-state index contributed by atoms with van der Waals surface area (Å²) >= 11 is 7.74. The van der Waals surface area contributed by atoms with Crippen LogP contribution < -0.4 is 5.32 Å². The highest BCUT2D eigenvalue weighted by atomic mass is 35.5. The van der Waals surface area contributed by atoms with Crippen LogP contribution in [0.5, 0.6) is 0 Å². The van der Waals surface area contributed by atoms with E-state index >= 15 is 0 Å². The van der Waals surface area contributed by atoms with E-state index in [0.29, 0.717) is 11.4 Å². The molecule has 3 rings (SSSR count). The van der Waals surface area contributed by atoms with Crippen molar-refractivity contribution in [3.8, 4) is 10.4 Å². The molecule has 7 heteroatoms. The Morgan fingerprint density at radius 2 is 2.04 bits per heavy atom. The second-order valence-corrected chi connectivity index (χ2v) is 10.1. The van der Waals surface area contributed by atoms with Crippen molar-refractivity contribution in [1.29, 1.82) is 0 Å². The van der Waals surface area contributed by atoms with Crippen LogP contribution in [0.15, 0.2) is 42.5 Å². The Morgan fingerprint density at radius 3 is 2.72 bits per heavy atom. The van der Waals surface area contributed by atoms with Gasteiger partial charge < -0.3 is 5.32 Å². The molecular weight excluding hydrogens is 378 g/mol. The van der Waals surface area contributed by atoms with Crippen LogP contribution in [0, 0.1) is 0 Å². The van der Waals surface area contributed by atoms with Crippen molar-refractivity contribution in [3.05, 3.63) is 52.4 Å². The number of sulfone groups is 1. The minimum atomic E-state index is -3.05. The molecule has 0 saturated carbocycles. The smallest absolute Gasteiger partial charge is 0.244 e. The number of thiophene rings is 1. The van der Waals surface area contributed by atoms with Gasteiger partial charge in [0.05, 0.1) is 17.0 Å². The maximum atomic E-state index is 12.1. The lowest BCUT2D eigenvalue weighted by Crippen LogP contribution is -2.46. The summed E-state index contributed by atoms with van der Waals surface area (Å²) in [6.07, 6.45) is 3.62. The van der Waals surface area contributed by atoms with E-state index in [1.807, 2.05) is 36.4 Å². The second-order valence-electron chi connectivity index (χ2n) is 6.41. The van der Waals surface area contributed by atoms with Crippen molar-refractivity contribution in [2.75, 3.05) is 11.5 Å². The van der Waals surface area contributed by atoms with Crippen LogP contribution in [0.3, 0.4) is 0 Å². The zero-order valence-corrected chi connectivity index (χ0v) is 16.0. The number of amides is 1. The van der Waals surface area contributed by atoms with Gasteiger partial charge in [0, 0.05) is 26.4 Å². The van der Waals surface area contributed by atoms with Gasteiger partial charge in [0.25, 0.3) is 0 Å². The minimum Gasteiger partial charge on any atom is -0.346 e. The quantitative estimate of drug-likeness (QED) is 0.801. The van der Waals surface area contributed by atoms with Crippen molar-refractivity contribution < 1.29 is 13.2 Å². The van der Waals surface area contributed by atoms with Crippen LogP contribution in [0.4, 0.5) is 0 Å². The molecule has 0 bridgehead atoms. The molecule has 1 saturated heterocycles. The van der Waals surface area contributed by atoms with Crippen molar-refractivity contribution in [1.82, 2.24) is 5.32 Å². The summed E-state index contributed by atoms with van der Waals surface area (Å²) < 4.78 is 23.2. The predicted molar refractivity (Wildman–Crippen MR) is 104 cm³/mol. The van der Waals surface area contributed by atoms with Crippen molar-refractivity contribution in [3.63, 3.8) is 0 Å². The average Bonchev–Trinajstić information content (AvgIpc) is 3.10. The highest BCUT2D eigenvalue weighted by molar-refractivity contribution is 7.91. The molecule has 1 unspecified atom stereocenters. The van der Waals surface area contributed by atoms with E-state index < -0.39 is 15.4 Å². The van der Waals surface area contributed by atoms with Gasteiger partial charge in [-0.05, 0) is 37.6 Å². The molecule has 2 heterocycles. The van der Waals surface area contributed by atoms with E-state index in [9.17, 15) is 13.2 Å². The molecule has 1 fully saturated rings. The Balaban J connectivity index is 1.67. The van der Waals surface area contributed by atoms with Crippen LogP contribution in [-0.2, 0) is 14.6 Å². The molecule has 132 valence electrons. The number of halogens is 1. The number of hydrogen-bond donors (Lipinski definition) is 1. The summed E-state index contributed by atoms with van der Waals surface area (Å²) in [5.41, 5.74) is 0.278. The first kappa shape index (κ1) is 18.2. The number of benzene rings is 1. The molecule has 1 aromatic carbocycles. The topological polar surface area (TPSA) is 63.2 Å². The zero-order chi connectivity index (χ0) is 18.1. The van der Waals surface area contributed by atoms with Crippen molar-refractivity contribution >= 4 is 44.8 Å². The number of carbonyl (C=O) groups is 1. The standard InChI is InChI=1S/C18H18ClNO3S2/c1-18(10-11-25(22,23)12-18)20-17(21)9-7-13-6-8-16(24-13)14-4-2-3-5-15(14)19/h2-9H,10-12H2,1H3,(H,20,21). The van der Waals surface area contributed by atoms with Crippen LogP contribution in [0.2, 0.25) is 5.02 Å². The molecule has 4 nitrogen and oxygen atoms in total. The van der Waals surface area contributed by atoms with Crippen LogP contribution >= 0.6 is 22.9 Å². The fourth-order valence-electron chi connectivity index (χ4n) is 2.85. The average molecular weight is 396 g/mol. The molecule has 1 aliphatic rings. The molecule has 1 amide bonds. The summed E-state index contributed by atoms with van der Waals surface area (Å²) in [4.78, 5) is 14.1. The van der Waals surface area contributed by atoms with Crippen LogP contribution in [0.25, 0.3) is 16.5 Å². The van der Waals surface area contributed by atoms with Crippen molar-refractivity contribution in [2.24, 2.45) is 0 Å². The summed E-state index contributed by atoms with van der Waals surface area (Å²) in [5, 5.41) is 3.50. The fourth-order valence-corrected chi connectivity index (χ4v) is 6.19. The monoisotopic (exact) mass is 395 g/mol. The third kappa shape index (κ3) is 4.51. The van der Waals surface area contributed by atoms with E-state index in [-0.39, 0.29) is 17.4 Å². The molecule has 1 aromatic heterocycles. The maximum Gasteiger partial charge on any atom is 0.244 e. The van der Waals surface area contributed by atoms with Gasteiger partial charge in [-0.1, -0.05) is 29.8 Å². The molecule has 1 aliphatic heterocycles. The van der Waals surface area contributed by atoms with E-state index in [4.69, 9.17) is 11.6 Å². The number of hydrogen-bond acceptors (Lipinski definition) is 4. The van der Waals surface area contributed by atoms with Crippen LogP contribution in [0.1, 0.15) is 18.2 Å². The van der Waals surface area contributed by atoms with E-state index in [0.717, 1.165) is 15.3 Å². The highest BCUT2D eigenvalue weighted by Gasteiger charge is 2.39.